The summed E-state index contributed by atoms with van der Waals surface area (Å²) in [4.78, 5) is 12.2. The van der Waals surface area contributed by atoms with Crippen molar-refractivity contribution in [2.75, 3.05) is 16.8 Å². The average molecular weight is 388 g/mol. The first-order valence-electron chi connectivity index (χ1n) is 8.04. The highest BCUT2D eigenvalue weighted by Crippen LogP contribution is 2.27. The van der Waals surface area contributed by atoms with E-state index in [1.165, 1.54) is 11.8 Å². The molecule has 0 atom stereocenters. The second-order valence-corrected chi connectivity index (χ2v) is 6.86. The molecule has 1 heterocycles. The molecule has 0 saturated carbocycles. The number of anilines is 2. The van der Waals surface area contributed by atoms with Crippen LogP contribution in [0.1, 0.15) is 6.92 Å². The minimum Gasteiger partial charge on any atom is -0.398 e. The van der Waals surface area contributed by atoms with Crippen molar-refractivity contribution in [2.45, 2.75) is 18.6 Å². The summed E-state index contributed by atoms with van der Waals surface area (Å²) >= 11 is 7.18. The highest BCUT2D eigenvalue weighted by molar-refractivity contribution is 7.99. The fraction of sp³-hybridized carbons (Fsp3) is 0.167. The highest BCUT2D eigenvalue weighted by atomic mass is 35.5. The minimum atomic E-state index is -0.122. The minimum absolute atomic E-state index is 0.122. The largest absolute Gasteiger partial charge is 0.398 e. The number of rotatable bonds is 6. The molecule has 0 bridgehead atoms. The number of para-hydroxylation sites is 1. The lowest BCUT2D eigenvalue weighted by molar-refractivity contribution is -0.113. The van der Waals surface area contributed by atoms with Gasteiger partial charge in [0.2, 0.25) is 5.91 Å². The number of amides is 1. The zero-order valence-corrected chi connectivity index (χ0v) is 15.7. The number of nitrogens with one attached hydrogen (secondary N) is 1. The molecule has 0 spiro atoms. The quantitative estimate of drug-likeness (QED) is 0.494. The van der Waals surface area contributed by atoms with E-state index in [-0.39, 0.29) is 11.7 Å². The van der Waals surface area contributed by atoms with E-state index in [1.54, 1.807) is 24.3 Å². The van der Waals surface area contributed by atoms with E-state index in [1.807, 2.05) is 35.8 Å². The Morgan fingerprint density at radius 2 is 1.92 bits per heavy atom. The summed E-state index contributed by atoms with van der Waals surface area (Å²) in [6.07, 6.45) is 0. The van der Waals surface area contributed by atoms with Gasteiger partial charge in [0.15, 0.2) is 11.0 Å². The van der Waals surface area contributed by atoms with Crippen LogP contribution in [0.4, 0.5) is 11.4 Å². The normalized spacial score (nSPS) is 10.7. The van der Waals surface area contributed by atoms with Gasteiger partial charge in [-0.1, -0.05) is 35.5 Å². The van der Waals surface area contributed by atoms with Crippen LogP contribution in [0.5, 0.6) is 0 Å². The lowest BCUT2D eigenvalue weighted by atomic mass is 10.1. The second kappa shape index (κ2) is 8.25. The van der Waals surface area contributed by atoms with E-state index in [2.05, 4.69) is 15.5 Å². The molecule has 1 amide bonds. The van der Waals surface area contributed by atoms with Gasteiger partial charge in [-0.15, -0.1) is 10.2 Å². The van der Waals surface area contributed by atoms with Crippen LogP contribution in [0.15, 0.2) is 53.7 Å². The summed E-state index contributed by atoms with van der Waals surface area (Å²) in [5, 5.41) is 12.6. The Balaban J connectivity index is 1.69. The zero-order valence-electron chi connectivity index (χ0n) is 14.1. The summed E-state index contributed by atoms with van der Waals surface area (Å²) in [5.41, 5.74) is 8.22. The van der Waals surface area contributed by atoms with Gasteiger partial charge in [0.1, 0.15) is 0 Å². The maximum Gasteiger partial charge on any atom is 0.234 e. The lowest BCUT2D eigenvalue weighted by Crippen LogP contribution is -2.14. The van der Waals surface area contributed by atoms with Crippen molar-refractivity contribution < 1.29 is 4.79 Å². The molecule has 0 aliphatic heterocycles. The van der Waals surface area contributed by atoms with Gasteiger partial charge < -0.3 is 15.6 Å². The third-order valence-corrected chi connectivity index (χ3v) is 4.91. The van der Waals surface area contributed by atoms with Crippen molar-refractivity contribution in [1.29, 1.82) is 0 Å². The first kappa shape index (κ1) is 18.3. The third kappa shape index (κ3) is 4.17. The number of hydrogen-bond acceptors (Lipinski definition) is 5. The second-order valence-electron chi connectivity index (χ2n) is 5.48. The Bertz CT molecular complexity index is 910. The van der Waals surface area contributed by atoms with Crippen LogP contribution in [0.2, 0.25) is 5.02 Å². The van der Waals surface area contributed by atoms with Crippen molar-refractivity contribution in [3.05, 3.63) is 53.6 Å². The molecule has 6 nitrogen and oxygen atoms in total. The topological polar surface area (TPSA) is 85.8 Å². The molecule has 3 aromatic rings. The van der Waals surface area contributed by atoms with E-state index < -0.39 is 0 Å². The van der Waals surface area contributed by atoms with Crippen molar-refractivity contribution >= 4 is 40.6 Å². The molecule has 0 radical (unpaired) electrons. The first-order chi connectivity index (χ1) is 12.6. The summed E-state index contributed by atoms with van der Waals surface area (Å²) in [5.74, 6) is 0.806. The van der Waals surface area contributed by atoms with Gasteiger partial charge in [0.05, 0.1) is 5.75 Å². The van der Waals surface area contributed by atoms with E-state index in [4.69, 9.17) is 17.3 Å². The van der Waals surface area contributed by atoms with E-state index in [0.29, 0.717) is 33.9 Å². The number of thioether (sulfide) groups is 1. The van der Waals surface area contributed by atoms with E-state index in [9.17, 15) is 4.79 Å². The van der Waals surface area contributed by atoms with Crippen molar-refractivity contribution in [1.82, 2.24) is 14.8 Å². The number of benzene rings is 2. The fourth-order valence-corrected chi connectivity index (χ4v) is 3.37. The molecule has 1 aromatic heterocycles. The van der Waals surface area contributed by atoms with Gasteiger partial charge in [0, 0.05) is 28.5 Å². The van der Waals surface area contributed by atoms with Crippen LogP contribution < -0.4 is 11.1 Å². The van der Waals surface area contributed by atoms with Crippen molar-refractivity contribution in [3.8, 4) is 11.4 Å². The maximum absolute atomic E-state index is 12.2. The molecule has 3 N–H and O–H groups in total. The third-order valence-electron chi connectivity index (χ3n) is 3.70. The van der Waals surface area contributed by atoms with Gasteiger partial charge in [-0.3, -0.25) is 4.79 Å². The van der Waals surface area contributed by atoms with Gasteiger partial charge in [0.25, 0.3) is 0 Å². The lowest BCUT2D eigenvalue weighted by Gasteiger charge is -2.09. The smallest absolute Gasteiger partial charge is 0.234 e. The van der Waals surface area contributed by atoms with Crippen molar-refractivity contribution in [2.24, 2.45) is 0 Å². The SMILES string of the molecule is CCn1c(SCC(=O)Nc2ccc(Cl)cc2)nnc1-c1ccccc1N. The predicted octanol–water partition coefficient (Wildman–Crippen LogP) is 3.93. The fourth-order valence-electron chi connectivity index (χ4n) is 2.44. The molecule has 0 aliphatic rings. The Hall–Kier alpha value is -2.51. The van der Waals surface area contributed by atoms with Gasteiger partial charge in [-0.25, -0.2) is 0 Å². The standard InChI is InChI=1S/C18H18ClN5OS/c1-2-24-17(14-5-3-4-6-15(14)20)22-23-18(24)26-11-16(25)21-13-9-7-12(19)8-10-13/h3-10H,2,11,20H2,1H3,(H,21,25). The van der Waals surface area contributed by atoms with Crippen LogP contribution in [0, 0.1) is 0 Å². The van der Waals surface area contributed by atoms with Crippen LogP contribution >= 0.6 is 23.4 Å². The van der Waals surface area contributed by atoms with E-state index in [0.717, 1.165) is 5.56 Å². The zero-order chi connectivity index (χ0) is 18.5. The van der Waals surface area contributed by atoms with Crippen LogP contribution in [-0.4, -0.2) is 26.4 Å². The molecule has 134 valence electrons. The molecule has 0 unspecified atom stereocenters. The van der Waals surface area contributed by atoms with Gasteiger partial charge in [-0.05, 0) is 43.3 Å². The van der Waals surface area contributed by atoms with Gasteiger partial charge >= 0.3 is 0 Å². The maximum atomic E-state index is 12.2. The molecule has 2 aromatic carbocycles. The summed E-state index contributed by atoms with van der Waals surface area (Å²) in [7, 11) is 0. The number of halogens is 1. The van der Waals surface area contributed by atoms with Crippen LogP contribution in [0.3, 0.4) is 0 Å². The summed E-state index contributed by atoms with van der Waals surface area (Å²) in [6.45, 7) is 2.68. The molecular formula is C18H18ClN5OS. The number of carbonyl (C=O) groups is 1. The average Bonchev–Trinajstić information content (AvgIpc) is 3.05. The summed E-state index contributed by atoms with van der Waals surface area (Å²) in [6, 6.07) is 14.5. The number of aromatic nitrogens is 3. The molecule has 8 heteroatoms. The molecular weight excluding hydrogens is 370 g/mol. The number of carbonyl (C=O) groups excluding carboxylic acids is 1. The number of nitrogens with zero attached hydrogens (tertiary/aromatic N) is 3. The molecule has 26 heavy (non-hydrogen) atoms. The first-order valence-corrected chi connectivity index (χ1v) is 9.41. The Labute approximate surface area is 160 Å². The molecule has 3 rings (SSSR count). The number of nitrogen functional groups attached to an aromatic ring is 1. The Morgan fingerprint density at radius 1 is 1.19 bits per heavy atom. The Kier molecular flexibility index (Phi) is 5.80. The highest BCUT2D eigenvalue weighted by Gasteiger charge is 2.16. The Morgan fingerprint density at radius 3 is 2.62 bits per heavy atom. The number of hydrogen-bond donors (Lipinski definition) is 2. The summed E-state index contributed by atoms with van der Waals surface area (Å²) < 4.78 is 1.95. The monoisotopic (exact) mass is 387 g/mol. The van der Waals surface area contributed by atoms with Gasteiger partial charge in [-0.2, -0.15) is 0 Å². The molecule has 0 saturated heterocycles. The predicted molar refractivity (Wildman–Crippen MR) is 106 cm³/mol. The van der Waals surface area contributed by atoms with E-state index >= 15 is 0 Å². The van der Waals surface area contributed by atoms with Crippen LogP contribution in [0.25, 0.3) is 11.4 Å². The van der Waals surface area contributed by atoms with Crippen LogP contribution in [-0.2, 0) is 11.3 Å². The molecule has 0 aliphatic carbocycles. The molecule has 0 fully saturated rings. The van der Waals surface area contributed by atoms with Crippen molar-refractivity contribution in [3.63, 3.8) is 0 Å². The number of nitrogens with two attached hydrogens (primary N) is 1.